The standard InChI is InChI=1S/C18H23N3O3/c1-11(2)17(23)19-13-4-3-5-14(9-13)20-18(24)12-8-16(22)21(10-12)15-6-7-15/h3-5,9,11-12,15H,6-8,10H2,1-2H3,(H,19,23)(H,20,24). The molecule has 1 saturated carbocycles. The topological polar surface area (TPSA) is 78.5 Å². The number of hydrogen-bond donors (Lipinski definition) is 2. The number of anilines is 2. The Labute approximate surface area is 141 Å². The van der Waals surface area contributed by atoms with Gasteiger partial charge < -0.3 is 15.5 Å². The number of carbonyl (C=O) groups is 3. The molecule has 0 radical (unpaired) electrons. The van der Waals surface area contributed by atoms with Crippen molar-refractivity contribution in [2.75, 3.05) is 17.2 Å². The largest absolute Gasteiger partial charge is 0.339 e. The van der Waals surface area contributed by atoms with Crippen molar-refractivity contribution in [3.05, 3.63) is 24.3 Å². The normalized spacial score (nSPS) is 20.4. The maximum absolute atomic E-state index is 12.4. The average Bonchev–Trinajstić information content (AvgIpc) is 3.29. The molecule has 0 spiro atoms. The van der Waals surface area contributed by atoms with Crippen molar-refractivity contribution in [2.45, 2.75) is 39.2 Å². The summed E-state index contributed by atoms with van der Waals surface area (Å²) in [6, 6.07) is 7.42. The van der Waals surface area contributed by atoms with E-state index >= 15 is 0 Å². The summed E-state index contributed by atoms with van der Waals surface area (Å²) in [5.74, 6) is -0.539. The van der Waals surface area contributed by atoms with Crippen LogP contribution in [0, 0.1) is 11.8 Å². The Morgan fingerprint density at radius 1 is 1.17 bits per heavy atom. The first-order valence-corrected chi connectivity index (χ1v) is 8.45. The van der Waals surface area contributed by atoms with Gasteiger partial charge in [0.2, 0.25) is 17.7 Å². The molecule has 1 heterocycles. The van der Waals surface area contributed by atoms with E-state index in [0.29, 0.717) is 24.0 Å². The van der Waals surface area contributed by atoms with Crippen LogP contribution in [-0.4, -0.2) is 35.2 Å². The number of amides is 3. The summed E-state index contributed by atoms with van der Waals surface area (Å²) < 4.78 is 0. The second-order valence-corrected chi connectivity index (χ2v) is 6.89. The third-order valence-corrected chi connectivity index (χ3v) is 4.44. The van der Waals surface area contributed by atoms with Crippen molar-refractivity contribution in [2.24, 2.45) is 11.8 Å². The molecule has 128 valence electrons. The van der Waals surface area contributed by atoms with Crippen LogP contribution in [0.15, 0.2) is 24.3 Å². The molecule has 2 aliphatic rings. The number of likely N-dealkylation sites (tertiary alicyclic amines) is 1. The molecule has 1 aliphatic heterocycles. The van der Waals surface area contributed by atoms with Crippen molar-refractivity contribution in [3.63, 3.8) is 0 Å². The Balaban J connectivity index is 1.60. The molecule has 1 aromatic rings. The van der Waals surface area contributed by atoms with Gasteiger partial charge in [-0.3, -0.25) is 14.4 Å². The maximum Gasteiger partial charge on any atom is 0.229 e. The second-order valence-electron chi connectivity index (χ2n) is 6.89. The van der Waals surface area contributed by atoms with E-state index in [9.17, 15) is 14.4 Å². The summed E-state index contributed by atoms with van der Waals surface area (Å²) in [7, 11) is 0. The number of nitrogens with zero attached hydrogens (tertiary/aromatic N) is 1. The third kappa shape index (κ3) is 3.75. The zero-order valence-electron chi connectivity index (χ0n) is 14.0. The van der Waals surface area contributed by atoms with E-state index in [1.54, 1.807) is 24.3 Å². The average molecular weight is 329 g/mol. The Hall–Kier alpha value is -2.37. The SMILES string of the molecule is CC(C)C(=O)Nc1cccc(NC(=O)C2CC(=O)N(C3CC3)C2)c1. The van der Waals surface area contributed by atoms with E-state index in [-0.39, 0.29) is 36.0 Å². The first kappa shape index (κ1) is 16.5. The van der Waals surface area contributed by atoms with E-state index in [1.807, 2.05) is 18.7 Å². The monoisotopic (exact) mass is 329 g/mol. The molecule has 1 atom stereocenters. The van der Waals surface area contributed by atoms with Gasteiger partial charge in [-0.1, -0.05) is 19.9 Å². The Morgan fingerprint density at radius 2 is 1.83 bits per heavy atom. The minimum atomic E-state index is -0.299. The molecule has 0 aromatic heterocycles. The third-order valence-electron chi connectivity index (χ3n) is 4.44. The zero-order valence-corrected chi connectivity index (χ0v) is 14.0. The Morgan fingerprint density at radius 3 is 2.46 bits per heavy atom. The van der Waals surface area contributed by atoms with E-state index < -0.39 is 0 Å². The predicted octanol–water partition coefficient (Wildman–Crippen LogP) is 2.23. The van der Waals surface area contributed by atoms with Crippen molar-refractivity contribution in [1.29, 1.82) is 0 Å². The summed E-state index contributed by atoms with van der Waals surface area (Å²) in [6.07, 6.45) is 2.39. The summed E-state index contributed by atoms with van der Waals surface area (Å²) in [5.41, 5.74) is 1.27. The van der Waals surface area contributed by atoms with E-state index in [2.05, 4.69) is 10.6 Å². The maximum atomic E-state index is 12.4. The molecule has 3 amide bonds. The van der Waals surface area contributed by atoms with Crippen LogP contribution in [0.5, 0.6) is 0 Å². The fourth-order valence-corrected chi connectivity index (χ4v) is 2.85. The lowest BCUT2D eigenvalue weighted by Gasteiger charge is -2.15. The number of hydrogen-bond acceptors (Lipinski definition) is 3. The van der Waals surface area contributed by atoms with Crippen LogP contribution in [0.25, 0.3) is 0 Å². The molecule has 1 aliphatic carbocycles. The highest BCUT2D eigenvalue weighted by Gasteiger charge is 2.41. The van der Waals surface area contributed by atoms with E-state index in [1.165, 1.54) is 0 Å². The molecule has 1 aromatic carbocycles. The van der Waals surface area contributed by atoms with Gasteiger partial charge in [0.1, 0.15) is 0 Å². The zero-order chi connectivity index (χ0) is 17.3. The predicted molar refractivity (Wildman–Crippen MR) is 91.4 cm³/mol. The molecule has 24 heavy (non-hydrogen) atoms. The van der Waals surface area contributed by atoms with Crippen molar-refractivity contribution in [3.8, 4) is 0 Å². The van der Waals surface area contributed by atoms with Crippen LogP contribution >= 0.6 is 0 Å². The molecule has 2 N–H and O–H groups in total. The molecule has 2 fully saturated rings. The van der Waals surface area contributed by atoms with Gasteiger partial charge >= 0.3 is 0 Å². The fraction of sp³-hybridized carbons (Fsp3) is 0.500. The molecule has 1 unspecified atom stereocenters. The van der Waals surface area contributed by atoms with Crippen molar-refractivity contribution < 1.29 is 14.4 Å². The van der Waals surface area contributed by atoms with Crippen LogP contribution in [0.1, 0.15) is 33.1 Å². The van der Waals surface area contributed by atoms with Crippen LogP contribution in [-0.2, 0) is 14.4 Å². The van der Waals surface area contributed by atoms with Gasteiger partial charge in [0.15, 0.2) is 0 Å². The molecular weight excluding hydrogens is 306 g/mol. The lowest BCUT2D eigenvalue weighted by Crippen LogP contribution is -2.29. The lowest BCUT2D eigenvalue weighted by atomic mass is 10.1. The number of benzene rings is 1. The van der Waals surface area contributed by atoms with E-state index in [0.717, 1.165) is 12.8 Å². The first-order chi connectivity index (χ1) is 11.4. The van der Waals surface area contributed by atoms with E-state index in [4.69, 9.17) is 0 Å². The van der Waals surface area contributed by atoms with Gasteiger partial charge in [-0.15, -0.1) is 0 Å². The van der Waals surface area contributed by atoms with Gasteiger partial charge in [0.05, 0.1) is 5.92 Å². The molecule has 1 saturated heterocycles. The van der Waals surface area contributed by atoms with Crippen molar-refractivity contribution >= 4 is 29.1 Å². The fourth-order valence-electron chi connectivity index (χ4n) is 2.85. The molecular formula is C18H23N3O3. The number of rotatable bonds is 5. The van der Waals surface area contributed by atoms with Gasteiger partial charge in [0.25, 0.3) is 0 Å². The quantitative estimate of drug-likeness (QED) is 0.869. The Bertz CT molecular complexity index is 667. The van der Waals surface area contributed by atoms with Gasteiger partial charge in [-0.2, -0.15) is 0 Å². The highest BCUT2D eigenvalue weighted by molar-refractivity contribution is 5.98. The number of carbonyl (C=O) groups excluding carboxylic acids is 3. The molecule has 6 heteroatoms. The van der Waals surface area contributed by atoms with Crippen LogP contribution in [0.3, 0.4) is 0 Å². The van der Waals surface area contributed by atoms with Gasteiger partial charge in [-0.05, 0) is 31.0 Å². The second kappa shape index (κ2) is 6.63. The number of nitrogens with one attached hydrogen (secondary N) is 2. The first-order valence-electron chi connectivity index (χ1n) is 8.45. The van der Waals surface area contributed by atoms with Crippen LogP contribution in [0.2, 0.25) is 0 Å². The lowest BCUT2D eigenvalue weighted by molar-refractivity contribution is -0.128. The van der Waals surface area contributed by atoms with Gasteiger partial charge in [0, 0.05) is 36.3 Å². The van der Waals surface area contributed by atoms with Crippen molar-refractivity contribution in [1.82, 2.24) is 4.90 Å². The summed E-state index contributed by atoms with van der Waals surface area (Å²) in [5, 5.41) is 5.67. The highest BCUT2D eigenvalue weighted by atomic mass is 16.2. The summed E-state index contributed by atoms with van der Waals surface area (Å²) >= 11 is 0. The minimum absolute atomic E-state index is 0.0695. The minimum Gasteiger partial charge on any atom is -0.339 e. The van der Waals surface area contributed by atoms with Gasteiger partial charge in [-0.25, -0.2) is 0 Å². The molecule has 3 rings (SSSR count). The molecule has 6 nitrogen and oxygen atoms in total. The summed E-state index contributed by atoms with van der Waals surface area (Å²) in [6.45, 7) is 4.16. The summed E-state index contributed by atoms with van der Waals surface area (Å²) in [4.78, 5) is 38.0. The highest BCUT2D eigenvalue weighted by Crippen LogP contribution is 2.33. The van der Waals surface area contributed by atoms with Crippen LogP contribution in [0.4, 0.5) is 11.4 Å². The Kier molecular flexibility index (Phi) is 4.55. The van der Waals surface area contributed by atoms with Crippen LogP contribution < -0.4 is 10.6 Å². The molecule has 0 bridgehead atoms. The smallest absolute Gasteiger partial charge is 0.229 e.